The van der Waals surface area contributed by atoms with Gasteiger partial charge in [-0.25, -0.2) is 0 Å². The molecule has 2 heterocycles. The summed E-state index contributed by atoms with van der Waals surface area (Å²) in [5.41, 5.74) is 0. The van der Waals surface area contributed by atoms with Crippen molar-refractivity contribution in [3.05, 3.63) is 0 Å². The zero-order valence-corrected chi connectivity index (χ0v) is 12.0. The minimum Gasteiger partial charge on any atom is -0.342 e. The van der Waals surface area contributed by atoms with Crippen LogP contribution in [-0.4, -0.2) is 37.0 Å². The number of nitrogens with one attached hydrogen (secondary N) is 1. The minimum atomic E-state index is 0.392. The van der Waals surface area contributed by atoms with Crippen molar-refractivity contribution in [2.45, 2.75) is 46.0 Å². The number of hydrogen-bond acceptors (Lipinski definition) is 2. The third-order valence-electron chi connectivity index (χ3n) is 4.67. The Balaban J connectivity index is 1.85. The molecule has 2 saturated heterocycles. The molecule has 2 aliphatic rings. The van der Waals surface area contributed by atoms with Gasteiger partial charge in [0.05, 0.1) is 0 Å². The highest BCUT2D eigenvalue weighted by Crippen LogP contribution is 2.26. The van der Waals surface area contributed by atoms with Crippen molar-refractivity contribution in [2.24, 2.45) is 17.8 Å². The Morgan fingerprint density at radius 1 is 1.33 bits per heavy atom. The Hall–Kier alpha value is -0.570. The molecule has 2 atom stereocenters. The van der Waals surface area contributed by atoms with E-state index in [-0.39, 0.29) is 0 Å². The summed E-state index contributed by atoms with van der Waals surface area (Å²) in [6.45, 7) is 8.79. The molecule has 2 aliphatic heterocycles. The lowest BCUT2D eigenvalue weighted by Crippen LogP contribution is -2.40. The molecule has 1 amide bonds. The van der Waals surface area contributed by atoms with Gasteiger partial charge in [0, 0.05) is 19.5 Å². The molecule has 0 bridgehead atoms. The summed E-state index contributed by atoms with van der Waals surface area (Å²) in [6, 6.07) is 0. The third-order valence-corrected chi connectivity index (χ3v) is 4.67. The second-order valence-electron chi connectivity index (χ2n) is 6.38. The topological polar surface area (TPSA) is 32.3 Å². The summed E-state index contributed by atoms with van der Waals surface area (Å²) < 4.78 is 0. The van der Waals surface area contributed by atoms with Crippen LogP contribution in [0.25, 0.3) is 0 Å². The molecule has 104 valence electrons. The van der Waals surface area contributed by atoms with Gasteiger partial charge in [-0.1, -0.05) is 13.8 Å². The quantitative estimate of drug-likeness (QED) is 0.835. The predicted molar refractivity (Wildman–Crippen MR) is 74.4 cm³/mol. The summed E-state index contributed by atoms with van der Waals surface area (Å²) >= 11 is 0. The average Bonchev–Trinajstić information content (AvgIpc) is 2.54. The number of amides is 1. The van der Waals surface area contributed by atoms with E-state index in [9.17, 15) is 4.79 Å². The number of hydrogen-bond donors (Lipinski definition) is 1. The minimum absolute atomic E-state index is 0.392. The molecule has 0 aromatic rings. The monoisotopic (exact) mass is 252 g/mol. The number of rotatable bonds is 3. The first kappa shape index (κ1) is 13.9. The van der Waals surface area contributed by atoms with Crippen LogP contribution in [0.3, 0.4) is 0 Å². The lowest BCUT2D eigenvalue weighted by molar-refractivity contribution is -0.131. The van der Waals surface area contributed by atoms with E-state index < -0.39 is 0 Å². The summed E-state index contributed by atoms with van der Waals surface area (Å²) in [5, 5.41) is 3.44. The highest BCUT2D eigenvalue weighted by molar-refractivity contribution is 5.76. The first-order valence-corrected chi connectivity index (χ1v) is 7.65. The van der Waals surface area contributed by atoms with Gasteiger partial charge in [0.25, 0.3) is 0 Å². The highest BCUT2D eigenvalue weighted by atomic mass is 16.2. The van der Waals surface area contributed by atoms with E-state index in [1.807, 2.05) is 0 Å². The van der Waals surface area contributed by atoms with Gasteiger partial charge in [-0.05, 0) is 56.5 Å². The van der Waals surface area contributed by atoms with Crippen LogP contribution in [0.15, 0.2) is 0 Å². The number of piperidine rings is 1. The Morgan fingerprint density at radius 3 is 2.83 bits per heavy atom. The maximum absolute atomic E-state index is 12.2. The molecule has 1 N–H and O–H groups in total. The number of carbonyl (C=O) groups excluding carboxylic acids is 1. The van der Waals surface area contributed by atoms with Gasteiger partial charge < -0.3 is 10.2 Å². The molecule has 0 spiro atoms. The largest absolute Gasteiger partial charge is 0.342 e. The van der Waals surface area contributed by atoms with Crippen LogP contribution in [0.5, 0.6) is 0 Å². The van der Waals surface area contributed by atoms with Gasteiger partial charge in [-0.3, -0.25) is 4.79 Å². The molecule has 3 nitrogen and oxygen atoms in total. The smallest absolute Gasteiger partial charge is 0.222 e. The van der Waals surface area contributed by atoms with E-state index in [0.717, 1.165) is 44.9 Å². The molecule has 2 rings (SSSR count). The standard InChI is InChI=1S/C15H28N2O/c1-12(2)14-5-6-15(18)17(9-7-14)11-13-4-3-8-16-10-13/h12-14,16H,3-11H2,1-2H3. The Morgan fingerprint density at radius 2 is 2.17 bits per heavy atom. The molecular formula is C15H28N2O. The molecule has 0 aliphatic carbocycles. The van der Waals surface area contributed by atoms with Crippen LogP contribution in [0.1, 0.15) is 46.0 Å². The average molecular weight is 252 g/mol. The van der Waals surface area contributed by atoms with Crippen LogP contribution in [-0.2, 0) is 4.79 Å². The fraction of sp³-hybridized carbons (Fsp3) is 0.933. The van der Waals surface area contributed by atoms with Crippen molar-refractivity contribution >= 4 is 5.91 Å². The number of carbonyl (C=O) groups is 1. The van der Waals surface area contributed by atoms with Crippen molar-refractivity contribution < 1.29 is 4.79 Å². The summed E-state index contributed by atoms with van der Waals surface area (Å²) in [7, 11) is 0. The molecule has 3 heteroatoms. The Bertz CT molecular complexity index is 272. The van der Waals surface area contributed by atoms with Gasteiger partial charge in [-0.15, -0.1) is 0 Å². The zero-order chi connectivity index (χ0) is 13.0. The van der Waals surface area contributed by atoms with Crippen molar-refractivity contribution in [1.82, 2.24) is 10.2 Å². The molecule has 0 saturated carbocycles. The van der Waals surface area contributed by atoms with Gasteiger partial charge in [0.1, 0.15) is 0 Å². The zero-order valence-electron chi connectivity index (χ0n) is 12.0. The van der Waals surface area contributed by atoms with Crippen LogP contribution < -0.4 is 5.32 Å². The molecule has 18 heavy (non-hydrogen) atoms. The number of likely N-dealkylation sites (tertiary alicyclic amines) is 1. The van der Waals surface area contributed by atoms with E-state index >= 15 is 0 Å². The summed E-state index contributed by atoms with van der Waals surface area (Å²) in [4.78, 5) is 14.3. The Labute approximate surface area is 111 Å². The van der Waals surface area contributed by atoms with Crippen LogP contribution in [0.2, 0.25) is 0 Å². The van der Waals surface area contributed by atoms with Gasteiger partial charge in [0.2, 0.25) is 5.91 Å². The molecule has 0 radical (unpaired) electrons. The summed E-state index contributed by atoms with van der Waals surface area (Å²) in [6.07, 6.45) is 5.61. The van der Waals surface area contributed by atoms with Crippen molar-refractivity contribution in [1.29, 1.82) is 0 Å². The van der Waals surface area contributed by atoms with Crippen molar-refractivity contribution in [2.75, 3.05) is 26.2 Å². The van der Waals surface area contributed by atoms with Gasteiger partial charge in [0.15, 0.2) is 0 Å². The fourth-order valence-corrected chi connectivity index (χ4v) is 3.31. The molecular weight excluding hydrogens is 224 g/mol. The lowest BCUT2D eigenvalue weighted by Gasteiger charge is -2.29. The maximum Gasteiger partial charge on any atom is 0.222 e. The van der Waals surface area contributed by atoms with E-state index in [4.69, 9.17) is 0 Å². The van der Waals surface area contributed by atoms with Gasteiger partial charge in [-0.2, -0.15) is 0 Å². The molecule has 0 aromatic heterocycles. The SMILES string of the molecule is CC(C)C1CCC(=O)N(CC2CCCNC2)CC1. The molecule has 2 unspecified atom stereocenters. The third kappa shape index (κ3) is 3.71. The van der Waals surface area contributed by atoms with Gasteiger partial charge >= 0.3 is 0 Å². The molecule has 0 aromatic carbocycles. The fourth-order valence-electron chi connectivity index (χ4n) is 3.31. The second kappa shape index (κ2) is 6.55. The van der Waals surface area contributed by atoms with E-state index in [1.54, 1.807) is 0 Å². The molecule has 2 fully saturated rings. The van der Waals surface area contributed by atoms with E-state index in [0.29, 0.717) is 17.7 Å². The van der Waals surface area contributed by atoms with Crippen LogP contribution >= 0.6 is 0 Å². The lowest BCUT2D eigenvalue weighted by atomic mass is 9.89. The van der Waals surface area contributed by atoms with Crippen LogP contribution in [0.4, 0.5) is 0 Å². The van der Waals surface area contributed by atoms with Crippen molar-refractivity contribution in [3.63, 3.8) is 0 Å². The first-order chi connectivity index (χ1) is 8.66. The highest BCUT2D eigenvalue weighted by Gasteiger charge is 2.26. The van der Waals surface area contributed by atoms with Crippen LogP contribution in [0, 0.1) is 17.8 Å². The second-order valence-corrected chi connectivity index (χ2v) is 6.38. The predicted octanol–water partition coefficient (Wildman–Crippen LogP) is 2.27. The maximum atomic E-state index is 12.2. The Kier molecular flexibility index (Phi) is 5.04. The number of nitrogens with zero attached hydrogens (tertiary/aromatic N) is 1. The summed E-state index contributed by atoms with van der Waals surface area (Å²) in [5.74, 6) is 2.53. The van der Waals surface area contributed by atoms with Crippen molar-refractivity contribution in [3.8, 4) is 0 Å². The van der Waals surface area contributed by atoms with E-state index in [1.165, 1.54) is 19.3 Å². The van der Waals surface area contributed by atoms with E-state index in [2.05, 4.69) is 24.1 Å². The normalized spacial score (nSPS) is 30.6. The first-order valence-electron chi connectivity index (χ1n) is 7.65.